The van der Waals surface area contributed by atoms with E-state index >= 15 is 0 Å². The molecule has 0 saturated carbocycles. The Morgan fingerprint density at radius 2 is 1.71 bits per heavy atom. The molecule has 1 amide bonds. The average Bonchev–Trinajstić information content (AvgIpc) is 3.52. The van der Waals surface area contributed by atoms with E-state index in [1.807, 2.05) is 51.1 Å². The second kappa shape index (κ2) is 11.4. The van der Waals surface area contributed by atoms with Crippen molar-refractivity contribution in [3.63, 3.8) is 0 Å². The summed E-state index contributed by atoms with van der Waals surface area (Å²) >= 11 is 5.99. The van der Waals surface area contributed by atoms with E-state index in [-0.39, 0.29) is 11.9 Å². The number of H-pyrrole nitrogens is 1. The molecular weight excluding hydrogens is 468 g/mol. The monoisotopic (exact) mass is 498 g/mol. The fourth-order valence-electron chi connectivity index (χ4n) is 4.13. The van der Waals surface area contributed by atoms with Crippen LogP contribution in [0.4, 0.5) is 5.82 Å². The highest BCUT2D eigenvalue weighted by atomic mass is 35.5. The Morgan fingerprint density at radius 1 is 1.06 bits per heavy atom. The normalized spacial score (nSPS) is 15.2. The van der Waals surface area contributed by atoms with E-state index in [0.29, 0.717) is 54.2 Å². The van der Waals surface area contributed by atoms with Gasteiger partial charge >= 0.3 is 0 Å². The SMILES string of the molecule is CCOc1cc(C(=O)N[C@H]2CCN(c3cc(-c4ccc(Cl)cc4)[nH]n3)C2)cc(OCC)c1OCC. The van der Waals surface area contributed by atoms with Crippen LogP contribution in [0.25, 0.3) is 11.3 Å². The first-order chi connectivity index (χ1) is 17.0. The molecule has 0 unspecified atom stereocenters. The van der Waals surface area contributed by atoms with Crippen molar-refractivity contribution in [2.24, 2.45) is 0 Å². The van der Waals surface area contributed by atoms with Crippen molar-refractivity contribution >= 4 is 23.3 Å². The predicted octanol–water partition coefficient (Wildman–Crippen LogP) is 4.93. The van der Waals surface area contributed by atoms with Crippen LogP contribution in [0, 0.1) is 0 Å². The van der Waals surface area contributed by atoms with Crippen molar-refractivity contribution in [2.45, 2.75) is 33.2 Å². The molecule has 0 bridgehead atoms. The van der Waals surface area contributed by atoms with Gasteiger partial charge in [-0.05, 0) is 57.0 Å². The van der Waals surface area contributed by atoms with Crippen LogP contribution in [0.3, 0.4) is 0 Å². The number of amides is 1. The maximum Gasteiger partial charge on any atom is 0.251 e. The Kier molecular flexibility index (Phi) is 8.02. The van der Waals surface area contributed by atoms with Crippen molar-refractivity contribution in [1.29, 1.82) is 0 Å². The molecule has 1 aromatic heterocycles. The minimum Gasteiger partial charge on any atom is -0.490 e. The third kappa shape index (κ3) is 5.82. The number of nitrogens with zero attached hydrogens (tertiary/aromatic N) is 2. The van der Waals surface area contributed by atoms with Gasteiger partial charge in [0.1, 0.15) is 0 Å². The molecule has 1 aliphatic heterocycles. The van der Waals surface area contributed by atoms with Gasteiger partial charge in [0.15, 0.2) is 17.3 Å². The number of nitrogens with one attached hydrogen (secondary N) is 2. The standard InChI is InChI=1S/C26H31ClN4O4/c1-4-33-22-13-18(14-23(34-5-2)25(22)35-6-3)26(32)28-20-11-12-31(16-20)24-15-21(29-30-24)17-7-9-19(27)10-8-17/h7-10,13-15,20H,4-6,11-12,16H2,1-3H3,(H,28,32)(H,29,30)/t20-/m0/s1. The lowest BCUT2D eigenvalue weighted by atomic mass is 10.1. The van der Waals surface area contributed by atoms with Crippen molar-refractivity contribution in [3.05, 3.63) is 53.1 Å². The first-order valence-electron chi connectivity index (χ1n) is 12.0. The molecule has 0 aliphatic carbocycles. The summed E-state index contributed by atoms with van der Waals surface area (Å²) in [5.41, 5.74) is 2.41. The van der Waals surface area contributed by atoms with Crippen LogP contribution >= 0.6 is 11.6 Å². The van der Waals surface area contributed by atoms with Gasteiger partial charge in [-0.3, -0.25) is 9.89 Å². The van der Waals surface area contributed by atoms with E-state index in [1.165, 1.54) is 0 Å². The van der Waals surface area contributed by atoms with Gasteiger partial charge in [-0.15, -0.1) is 0 Å². The van der Waals surface area contributed by atoms with Crippen molar-refractivity contribution in [2.75, 3.05) is 37.8 Å². The molecule has 8 nitrogen and oxygen atoms in total. The molecular formula is C26H31ClN4O4. The highest BCUT2D eigenvalue weighted by Crippen LogP contribution is 2.39. The highest BCUT2D eigenvalue weighted by molar-refractivity contribution is 6.30. The molecule has 1 fully saturated rings. The fraction of sp³-hybridized carbons (Fsp3) is 0.385. The zero-order valence-corrected chi connectivity index (χ0v) is 21.0. The Morgan fingerprint density at radius 3 is 2.34 bits per heavy atom. The molecule has 3 aromatic rings. The van der Waals surface area contributed by atoms with E-state index < -0.39 is 0 Å². The summed E-state index contributed by atoms with van der Waals surface area (Å²) in [5.74, 6) is 2.21. The van der Waals surface area contributed by atoms with E-state index in [2.05, 4.69) is 20.4 Å². The average molecular weight is 499 g/mol. The minimum absolute atomic E-state index is 0.00385. The fourth-order valence-corrected chi connectivity index (χ4v) is 4.25. The summed E-state index contributed by atoms with van der Waals surface area (Å²) in [5, 5.41) is 11.4. The van der Waals surface area contributed by atoms with Crippen LogP contribution in [-0.4, -0.2) is 55.1 Å². The molecule has 0 spiro atoms. The summed E-state index contributed by atoms with van der Waals surface area (Å²) in [4.78, 5) is 15.3. The van der Waals surface area contributed by atoms with Crippen LogP contribution in [0.1, 0.15) is 37.6 Å². The molecule has 2 N–H and O–H groups in total. The third-order valence-electron chi connectivity index (χ3n) is 5.74. The van der Waals surface area contributed by atoms with Crippen LogP contribution in [0.5, 0.6) is 17.2 Å². The number of hydrogen-bond donors (Lipinski definition) is 2. The highest BCUT2D eigenvalue weighted by Gasteiger charge is 2.27. The summed E-state index contributed by atoms with van der Waals surface area (Å²) in [6.45, 7) is 8.53. The summed E-state index contributed by atoms with van der Waals surface area (Å²) in [7, 11) is 0. The van der Waals surface area contributed by atoms with Crippen LogP contribution in [-0.2, 0) is 0 Å². The topological polar surface area (TPSA) is 88.7 Å². The van der Waals surface area contributed by atoms with E-state index in [4.69, 9.17) is 25.8 Å². The van der Waals surface area contributed by atoms with Crippen LogP contribution in [0.2, 0.25) is 5.02 Å². The number of ether oxygens (including phenoxy) is 3. The lowest BCUT2D eigenvalue weighted by Gasteiger charge is -2.18. The number of carbonyl (C=O) groups excluding carboxylic acids is 1. The van der Waals surface area contributed by atoms with Crippen molar-refractivity contribution in [3.8, 4) is 28.5 Å². The Labute approximate surface area is 210 Å². The van der Waals surface area contributed by atoms with E-state index in [1.54, 1.807) is 12.1 Å². The number of benzene rings is 2. The molecule has 1 aliphatic rings. The Balaban J connectivity index is 1.44. The van der Waals surface area contributed by atoms with Gasteiger partial charge in [-0.1, -0.05) is 23.7 Å². The van der Waals surface area contributed by atoms with E-state index in [0.717, 1.165) is 30.0 Å². The predicted molar refractivity (Wildman–Crippen MR) is 137 cm³/mol. The number of aromatic nitrogens is 2. The number of rotatable bonds is 10. The third-order valence-corrected chi connectivity index (χ3v) is 5.99. The molecule has 4 rings (SSSR count). The lowest BCUT2D eigenvalue weighted by Crippen LogP contribution is -2.37. The van der Waals surface area contributed by atoms with Gasteiger partial charge in [0.25, 0.3) is 5.91 Å². The van der Waals surface area contributed by atoms with Gasteiger partial charge in [-0.25, -0.2) is 0 Å². The molecule has 1 saturated heterocycles. The maximum absolute atomic E-state index is 13.1. The quantitative estimate of drug-likeness (QED) is 0.412. The summed E-state index contributed by atoms with van der Waals surface area (Å²) in [6.07, 6.45) is 0.822. The van der Waals surface area contributed by atoms with Crippen molar-refractivity contribution < 1.29 is 19.0 Å². The van der Waals surface area contributed by atoms with Gasteiger partial charge in [-0.2, -0.15) is 5.10 Å². The molecule has 0 radical (unpaired) electrons. The van der Waals surface area contributed by atoms with Gasteiger partial charge in [0.2, 0.25) is 5.75 Å². The van der Waals surface area contributed by atoms with Crippen LogP contribution in [0.15, 0.2) is 42.5 Å². The maximum atomic E-state index is 13.1. The molecule has 9 heteroatoms. The van der Waals surface area contributed by atoms with Crippen LogP contribution < -0.4 is 24.4 Å². The molecule has 35 heavy (non-hydrogen) atoms. The second-order valence-corrected chi connectivity index (χ2v) is 8.59. The first-order valence-corrected chi connectivity index (χ1v) is 12.3. The zero-order chi connectivity index (χ0) is 24.8. The molecule has 2 heterocycles. The molecule has 1 atom stereocenters. The van der Waals surface area contributed by atoms with E-state index in [9.17, 15) is 4.79 Å². The number of anilines is 1. The lowest BCUT2D eigenvalue weighted by molar-refractivity contribution is 0.0939. The van der Waals surface area contributed by atoms with Gasteiger partial charge in [0, 0.05) is 35.8 Å². The smallest absolute Gasteiger partial charge is 0.251 e. The Bertz CT molecular complexity index is 1120. The second-order valence-electron chi connectivity index (χ2n) is 8.15. The molecule has 2 aromatic carbocycles. The largest absolute Gasteiger partial charge is 0.490 e. The zero-order valence-electron chi connectivity index (χ0n) is 20.3. The number of carbonyl (C=O) groups is 1. The summed E-state index contributed by atoms with van der Waals surface area (Å²) in [6, 6.07) is 13.1. The minimum atomic E-state index is -0.175. The first kappa shape index (κ1) is 24.7. The Hall–Kier alpha value is -3.39. The number of hydrogen-bond acceptors (Lipinski definition) is 6. The van der Waals surface area contributed by atoms with Gasteiger partial charge in [0.05, 0.1) is 25.5 Å². The van der Waals surface area contributed by atoms with Crippen molar-refractivity contribution in [1.82, 2.24) is 15.5 Å². The van der Waals surface area contributed by atoms with Gasteiger partial charge < -0.3 is 24.4 Å². The summed E-state index contributed by atoms with van der Waals surface area (Å²) < 4.78 is 17.2. The number of halogens is 1. The number of aromatic amines is 1. The molecule has 186 valence electrons.